The maximum absolute atomic E-state index is 2.33. The van der Waals surface area contributed by atoms with Gasteiger partial charge in [-0.15, -0.1) is 0 Å². The normalized spacial score (nSPS) is 11.3. The highest BCUT2D eigenvalue weighted by Crippen LogP contribution is 2.16. The quantitative estimate of drug-likeness (QED) is 0.334. The van der Waals surface area contributed by atoms with Crippen molar-refractivity contribution in [3.63, 3.8) is 0 Å². The molecule has 0 amide bonds. The van der Waals surface area contributed by atoms with E-state index in [1.54, 1.807) is 0 Å². The van der Waals surface area contributed by atoms with Crippen molar-refractivity contribution in [3.05, 3.63) is 48.5 Å². The summed E-state index contributed by atoms with van der Waals surface area (Å²) in [4.78, 5) is 0. The lowest BCUT2D eigenvalue weighted by Crippen LogP contribution is -2.50. The monoisotopic (exact) mass is 370 g/mol. The molecule has 0 aliphatic heterocycles. The molecule has 0 radical (unpaired) electrons. The van der Waals surface area contributed by atoms with Gasteiger partial charge >= 0.3 is 0 Å². The van der Waals surface area contributed by atoms with Crippen molar-refractivity contribution < 1.29 is 4.48 Å². The maximum Gasteiger partial charge on any atom is 0.0786 e. The van der Waals surface area contributed by atoms with Gasteiger partial charge < -0.3 is 4.48 Å². The second-order valence-corrected chi connectivity index (χ2v) is 8.00. The minimum absolute atomic E-state index is 1.31. The average molecular weight is 371 g/mol. The molecule has 0 aromatic heterocycles. The van der Waals surface area contributed by atoms with Gasteiger partial charge in [-0.3, -0.25) is 0 Å². The van der Waals surface area contributed by atoms with Crippen LogP contribution in [0, 0.1) is 0 Å². The van der Waals surface area contributed by atoms with Crippen LogP contribution in [0.15, 0.2) is 48.5 Å². The fraction of sp³-hybridized carbons (Fsp3) is 0.615. The first-order valence-corrected chi connectivity index (χ1v) is 11.5. The molecule has 0 spiro atoms. The molecule has 0 fully saturated rings. The molecule has 1 heteroatoms. The van der Waals surface area contributed by atoms with E-state index in [0.717, 1.165) is 0 Å². The Morgan fingerprint density at radius 1 is 0.481 bits per heavy atom. The van der Waals surface area contributed by atoms with Crippen LogP contribution in [0.1, 0.15) is 79.1 Å². The molecule has 27 heavy (non-hydrogen) atoms. The molecule has 1 nitrogen and oxygen atoms in total. The largest absolute Gasteiger partial charge is 0.324 e. The topological polar surface area (TPSA) is 0 Å². The summed E-state index contributed by atoms with van der Waals surface area (Å²) in [5, 5.41) is 2.62. The van der Waals surface area contributed by atoms with Crippen LogP contribution in [0.4, 0.5) is 0 Å². The Hall–Kier alpha value is -1.34. The molecule has 2 aromatic rings. The molecule has 0 heterocycles. The minimum Gasteiger partial charge on any atom is -0.324 e. The van der Waals surface area contributed by atoms with Gasteiger partial charge in [0.1, 0.15) is 0 Å². The van der Waals surface area contributed by atoms with E-state index in [2.05, 4.69) is 76.2 Å². The highest BCUT2D eigenvalue weighted by molar-refractivity contribution is 5.81. The van der Waals surface area contributed by atoms with Crippen molar-refractivity contribution in [2.45, 2.75) is 79.1 Å². The van der Waals surface area contributed by atoms with Crippen LogP contribution in [-0.2, 0) is 0 Å². The Balaban J connectivity index is 0.000000303. The van der Waals surface area contributed by atoms with Gasteiger partial charge in [0.2, 0.25) is 0 Å². The van der Waals surface area contributed by atoms with Crippen LogP contribution in [0.25, 0.3) is 10.8 Å². The third kappa shape index (κ3) is 9.42. The smallest absolute Gasteiger partial charge is 0.0786 e. The Kier molecular flexibility index (Phi) is 12.9. The summed E-state index contributed by atoms with van der Waals surface area (Å²) in [7, 11) is 0. The molecule has 2 rings (SSSR count). The summed E-state index contributed by atoms with van der Waals surface area (Å²) in [5.41, 5.74) is 0. The van der Waals surface area contributed by atoms with Gasteiger partial charge in [0.05, 0.1) is 26.2 Å². The second-order valence-electron chi connectivity index (χ2n) is 8.00. The SMILES string of the molecule is CCCC[N+](CCCC)(CCCC)CCCC.c1ccc2ccccc2c1. The van der Waals surface area contributed by atoms with Crippen molar-refractivity contribution >= 4 is 10.8 Å². The maximum atomic E-state index is 2.33. The summed E-state index contributed by atoms with van der Waals surface area (Å²) in [6, 6.07) is 16.7. The van der Waals surface area contributed by atoms with Gasteiger partial charge in [0, 0.05) is 0 Å². The van der Waals surface area contributed by atoms with Gasteiger partial charge in [-0.05, 0) is 36.5 Å². The summed E-state index contributed by atoms with van der Waals surface area (Å²) in [5.74, 6) is 0. The van der Waals surface area contributed by atoms with Crippen LogP contribution in [0.5, 0.6) is 0 Å². The van der Waals surface area contributed by atoms with Crippen molar-refractivity contribution in [2.24, 2.45) is 0 Å². The fourth-order valence-corrected chi connectivity index (χ4v) is 3.78. The Morgan fingerprint density at radius 3 is 0.963 bits per heavy atom. The zero-order valence-electron chi connectivity index (χ0n) is 18.6. The molecule has 0 bridgehead atoms. The molecule has 0 saturated carbocycles. The fourth-order valence-electron chi connectivity index (χ4n) is 3.78. The number of fused-ring (bicyclic) bond motifs is 1. The van der Waals surface area contributed by atoms with E-state index in [4.69, 9.17) is 0 Å². The number of rotatable bonds is 12. The zero-order valence-corrected chi connectivity index (χ0v) is 18.6. The Labute approximate surface area is 169 Å². The summed E-state index contributed by atoms with van der Waals surface area (Å²) < 4.78 is 1.42. The first-order chi connectivity index (χ1) is 13.2. The van der Waals surface area contributed by atoms with Gasteiger partial charge in [0.15, 0.2) is 0 Å². The van der Waals surface area contributed by atoms with Crippen LogP contribution in [0.3, 0.4) is 0 Å². The molecule has 0 unspecified atom stereocenters. The van der Waals surface area contributed by atoms with Crippen molar-refractivity contribution in [1.29, 1.82) is 0 Å². The molecule has 0 saturated heterocycles. The summed E-state index contributed by atoms with van der Waals surface area (Å²) in [6.45, 7) is 15.0. The number of hydrogen-bond acceptors (Lipinski definition) is 0. The van der Waals surface area contributed by atoms with Crippen molar-refractivity contribution in [3.8, 4) is 0 Å². The Morgan fingerprint density at radius 2 is 0.741 bits per heavy atom. The van der Waals surface area contributed by atoms with E-state index in [1.165, 1.54) is 92.8 Å². The van der Waals surface area contributed by atoms with E-state index in [0.29, 0.717) is 0 Å². The molecular weight excluding hydrogens is 326 g/mol. The van der Waals surface area contributed by atoms with E-state index >= 15 is 0 Å². The molecule has 0 aliphatic rings. The van der Waals surface area contributed by atoms with Gasteiger partial charge in [-0.2, -0.15) is 0 Å². The first kappa shape index (κ1) is 23.7. The highest BCUT2D eigenvalue weighted by Gasteiger charge is 2.24. The minimum atomic E-state index is 1.31. The first-order valence-electron chi connectivity index (χ1n) is 11.5. The molecule has 152 valence electrons. The lowest BCUT2D eigenvalue weighted by molar-refractivity contribution is -0.929. The third-order valence-electron chi connectivity index (χ3n) is 5.60. The van der Waals surface area contributed by atoms with Crippen LogP contribution < -0.4 is 0 Å². The zero-order chi connectivity index (χ0) is 19.8. The lowest BCUT2D eigenvalue weighted by Gasteiger charge is -2.39. The number of benzene rings is 2. The van der Waals surface area contributed by atoms with E-state index in [-0.39, 0.29) is 0 Å². The number of quaternary nitrogens is 1. The average Bonchev–Trinajstić information content (AvgIpc) is 2.73. The Bertz CT molecular complexity index is 487. The number of nitrogens with zero attached hydrogens (tertiary/aromatic N) is 1. The standard InChI is InChI=1S/C16H36N.C10H8/c1-5-9-13-17(14-10-6-2,15-11-7-3)16-12-8-4;1-2-6-10-8-4-3-7-9(10)5-1/h5-16H2,1-4H3;1-8H/q+1;. The van der Waals surface area contributed by atoms with Crippen molar-refractivity contribution in [1.82, 2.24) is 0 Å². The molecular formula is C26H44N+. The number of unbranched alkanes of at least 4 members (excludes halogenated alkanes) is 4. The van der Waals surface area contributed by atoms with Crippen LogP contribution in [-0.4, -0.2) is 30.7 Å². The van der Waals surface area contributed by atoms with Gasteiger partial charge in [-0.25, -0.2) is 0 Å². The molecule has 0 aliphatic carbocycles. The molecule has 2 aromatic carbocycles. The lowest BCUT2D eigenvalue weighted by atomic mass is 10.1. The van der Waals surface area contributed by atoms with Crippen LogP contribution >= 0.6 is 0 Å². The summed E-state index contributed by atoms with van der Waals surface area (Å²) in [6.07, 6.45) is 11.1. The predicted octanol–water partition coefficient (Wildman–Crippen LogP) is 7.84. The van der Waals surface area contributed by atoms with E-state index in [1.807, 2.05) is 0 Å². The second kappa shape index (κ2) is 14.7. The van der Waals surface area contributed by atoms with E-state index < -0.39 is 0 Å². The number of hydrogen-bond donors (Lipinski definition) is 0. The van der Waals surface area contributed by atoms with Crippen LogP contribution in [0.2, 0.25) is 0 Å². The third-order valence-corrected chi connectivity index (χ3v) is 5.60. The molecule has 0 N–H and O–H groups in total. The van der Waals surface area contributed by atoms with Gasteiger partial charge in [0.25, 0.3) is 0 Å². The van der Waals surface area contributed by atoms with Gasteiger partial charge in [-0.1, -0.05) is 102 Å². The van der Waals surface area contributed by atoms with Crippen molar-refractivity contribution in [2.75, 3.05) is 26.2 Å². The summed E-state index contributed by atoms with van der Waals surface area (Å²) >= 11 is 0. The predicted molar refractivity (Wildman–Crippen MR) is 123 cm³/mol. The highest BCUT2D eigenvalue weighted by atomic mass is 15.3. The molecule has 0 atom stereocenters. The van der Waals surface area contributed by atoms with E-state index in [9.17, 15) is 0 Å².